The normalized spacial score (nSPS) is 11.7. The Kier molecular flexibility index (Phi) is 6.38. The second kappa shape index (κ2) is 8.94. The fraction of sp³-hybridized carbons (Fsp3) is 0.136. The van der Waals surface area contributed by atoms with Crippen LogP contribution < -0.4 is 10.1 Å². The van der Waals surface area contributed by atoms with Crippen molar-refractivity contribution in [2.75, 3.05) is 6.61 Å². The van der Waals surface area contributed by atoms with E-state index in [0.717, 1.165) is 16.7 Å². The standard InChI is InChI=1S/C22H19Cl2NO2/c1-15(18-12-11-17(23)13-20(18)24)25-22(26)14-27-21-10-6-5-9-19(21)16-7-3-2-4-8-16/h2-13,15H,14H2,1H3,(H,25,26)/t15-/m0/s1. The number of hydrogen-bond donors (Lipinski definition) is 1. The van der Waals surface area contributed by atoms with E-state index in [1.54, 1.807) is 18.2 Å². The summed E-state index contributed by atoms with van der Waals surface area (Å²) in [4.78, 5) is 12.3. The summed E-state index contributed by atoms with van der Waals surface area (Å²) >= 11 is 12.1. The van der Waals surface area contributed by atoms with Gasteiger partial charge in [0.05, 0.1) is 6.04 Å². The first kappa shape index (κ1) is 19.3. The first-order valence-corrected chi connectivity index (χ1v) is 9.32. The highest BCUT2D eigenvalue weighted by molar-refractivity contribution is 6.35. The highest BCUT2D eigenvalue weighted by Crippen LogP contribution is 2.29. The van der Waals surface area contributed by atoms with E-state index in [4.69, 9.17) is 27.9 Å². The van der Waals surface area contributed by atoms with Gasteiger partial charge in [0.2, 0.25) is 0 Å². The van der Waals surface area contributed by atoms with E-state index in [-0.39, 0.29) is 18.6 Å². The lowest BCUT2D eigenvalue weighted by Gasteiger charge is -2.17. The van der Waals surface area contributed by atoms with Gasteiger partial charge in [-0.3, -0.25) is 4.79 Å². The van der Waals surface area contributed by atoms with Crippen LogP contribution in [0.15, 0.2) is 72.8 Å². The van der Waals surface area contributed by atoms with Crippen LogP contribution in [0.2, 0.25) is 10.0 Å². The first-order valence-electron chi connectivity index (χ1n) is 8.56. The van der Waals surface area contributed by atoms with E-state index in [1.165, 1.54) is 0 Å². The van der Waals surface area contributed by atoms with Gasteiger partial charge in [-0.2, -0.15) is 0 Å². The molecule has 0 aliphatic rings. The number of hydrogen-bond acceptors (Lipinski definition) is 2. The van der Waals surface area contributed by atoms with Crippen LogP contribution in [0.25, 0.3) is 11.1 Å². The molecule has 3 aromatic rings. The molecule has 3 aromatic carbocycles. The summed E-state index contributed by atoms with van der Waals surface area (Å²) in [5.41, 5.74) is 2.79. The predicted molar refractivity (Wildman–Crippen MR) is 110 cm³/mol. The minimum atomic E-state index is -0.254. The fourth-order valence-electron chi connectivity index (χ4n) is 2.81. The van der Waals surface area contributed by atoms with E-state index in [9.17, 15) is 4.79 Å². The largest absolute Gasteiger partial charge is 0.483 e. The van der Waals surface area contributed by atoms with Crippen molar-refractivity contribution in [2.24, 2.45) is 0 Å². The Morgan fingerprint density at radius 3 is 2.44 bits per heavy atom. The van der Waals surface area contributed by atoms with Crippen LogP contribution in [0.4, 0.5) is 0 Å². The number of benzene rings is 3. The molecule has 3 rings (SSSR count). The zero-order valence-electron chi connectivity index (χ0n) is 14.8. The van der Waals surface area contributed by atoms with Gasteiger partial charge in [0.25, 0.3) is 5.91 Å². The van der Waals surface area contributed by atoms with Gasteiger partial charge in [-0.1, -0.05) is 77.8 Å². The Morgan fingerprint density at radius 2 is 1.70 bits per heavy atom. The summed E-state index contributed by atoms with van der Waals surface area (Å²) in [6.45, 7) is 1.78. The molecule has 0 saturated carbocycles. The Morgan fingerprint density at radius 1 is 1.00 bits per heavy atom. The molecule has 0 bridgehead atoms. The lowest BCUT2D eigenvalue weighted by atomic mass is 10.1. The van der Waals surface area contributed by atoms with Crippen LogP contribution in [0, 0.1) is 0 Å². The fourth-order valence-corrected chi connectivity index (χ4v) is 3.38. The summed E-state index contributed by atoms with van der Waals surface area (Å²) in [6, 6.07) is 22.5. The van der Waals surface area contributed by atoms with Crippen LogP contribution in [0.1, 0.15) is 18.5 Å². The number of carbonyl (C=O) groups excluding carboxylic acids is 1. The molecule has 1 atom stereocenters. The average Bonchev–Trinajstić information content (AvgIpc) is 2.67. The van der Waals surface area contributed by atoms with Gasteiger partial charge in [0.1, 0.15) is 5.75 Å². The van der Waals surface area contributed by atoms with E-state index in [1.807, 2.05) is 61.5 Å². The van der Waals surface area contributed by atoms with Gasteiger partial charge in [-0.25, -0.2) is 0 Å². The molecule has 1 amide bonds. The zero-order valence-corrected chi connectivity index (χ0v) is 16.3. The van der Waals surface area contributed by atoms with Crippen LogP contribution in [0.3, 0.4) is 0 Å². The second-order valence-corrected chi connectivity index (χ2v) is 6.95. The summed E-state index contributed by atoms with van der Waals surface area (Å²) in [5.74, 6) is 0.437. The van der Waals surface area contributed by atoms with Gasteiger partial charge >= 0.3 is 0 Å². The SMILES string of the molecule is C[C@H](NC(=O)COc1ccccc1-c1ccccc1)c1ccc(Cl)cc1Cl. The Bertz CT molecular complexity index is 929. The number of amides is 1. The summed E-state index contributed by atoms with van der Waals surface area (Å²) in [5, 5.41) is 3.97. The van der Waals surface area contributed by atoms with Gasteiger partial charge in [0, 0.05) is 15.6 Å². The van der Waals surface area contributed by atoms with Gasteiger partial charge in [0.15, 0.2) is 6.61 Å². The molecule has 3 nitrogen and oxygen atoms in total. The molecular weight excluding hydrogens is 381 g/mol. The molecule has 0 radical (unpaired) electrons. The maximum Gasteiger partial charge on any atom is 0.258 e. The van der Waals surface area contributed by atoms with Crippen molar-refractivity contribution in [1.29, 1.82) is 0 Å². The highest BCUT2D eigenvalue weighted by Gasteiger charge is 2.14. The third-order valence-corrected chi connectivity index (χ3v) is 4.70. The van der Waals surface area contributed by atoms with Gasteiger partial charge in [-0.15, -0.1) is 0 Å². The van der Waals surface area contributed by atoms with E-state index in [2.05, 4.69) is 5.32 Å². The number of ether oxygens (including phenoxy) is 1. The van der Waals surface area contributed by atoms with Crippen molar-refractivity contribution in [3.8, 4) is 16.9 Å². The molecule has 0 aliphatic heterocycles. The van der Waals surface area contributed by atoms with Crippen LogP contribution >= 0.6 is 23.2 Å². The van der Waals surface area contributed by atoms with Crippen molar-refractivity contribution in [1.82, 2.24) is 5.32 Å². The number of para-hydroxylation sites is 1. The molecule has 0 spiro atoms. The van der Waals surface area contributed by atoms with E-state index >= 15 is 0 Å². The van der Waals surface area contributed by atoms with Gasteiger partial charge < -0.3 is 10.1 Å². The maximum absolute atomic E-state index is 12.3. The minimum Gasteiger partial charge on any atom is -0.483 e. The molecule has 138 valence electrons. The highest BCUT2D eigenvalue weighted by atomic mass is 35.5. The smallest absolute Gasteiger partial charge is 0.258 e. The van der Waals surface area contributed by atoms with Crippen LogP contribution in [0.5, 0.6) is 5.75 Å². The average molecular weight is 400 g/mol. The zero-order chi connectivity index (χ0) is 19.2. The third kappa shape index (κ3) is 5.03. The lowest BCUT2D eigenvalue weighted by molar-refractivity contribution is -0.123. The molecule has 0 aliphatic carbocycles. The predicted octanol–water partition coefficient (Wildman–Crippen LogP) is 5.92. The molecule has 0 heterocycles. The summed E-state index contributed by atoms with van der Waals surface area (Å²) in [6.07, 6.45) is 0. The Labute approximate surface area is 168 Å². The molecule has 0 aromatic heterocycles. The van der Waals surface area contributed by atoms with Crippen molar-refractivity contribution in [3.05, 3.63) is 88.4 Å². The molecular formula is C22H19Cl2NO2. The van der Waals surface area contributed by atoms with Crippen molar-refractivity contribution in [2.45, 2.75) is 13.0 Å². The monoisotopic (exact) mass is 399 g/mol. The molecule has 27 heavy (non-hydrogen) atoms. The molecule has 5 heteroatoms. The quantitative estimate of drug-likeness (QED) is 0.558. The van der Waals surface area contributed by atoms with Gasteiger partial charge in [-0.05, 0) is 36.2 Å². The van der Waals surface area contributed by atoms with Crippen LogP contribution in [-0.4, -0.2) is 12.5 Å². The summed E-state index contributed by atoms with van der Waals surface area (Å²) < 4.78 is 5.77. The molecule has 0 unspecified atom stereocenters. The minimum absolute atomic E-state index is 0.0839. The van der Waals surface area contributed by atoms with Crippen LogP contribution in [-0.2, 0) is 4.79 Å². The maximum atomic E-state index is 12.3. The number of halogens is 2. The first-order chi connectivity index (χ1) is 13.0. The second-order valence-electron chi connectivity index (χ2n) is 6.11. The van der Waals surface area contributed by atoms with E-state index < -0.39 is 0 Å². The molecule has 0 saturated heterocycles. The Hall–Kier alpha value is -2.49. The lowest BCUT2D eigenvalue weighted by Crippen LogP contribution is -2.31. The molecule has 1 N–H and O–H groups in total. The van der Waals surface area contributed by atoms with Crippen molar-refractivity contribution < 1.29 is 9.53 Å². The van der Waals surface area contributed by atoms with Crippen molar-refractivity contribution >= 4 is 29.1 Å². The Balaban J connectivity index is 1.65. The molecule has 0 fully saturated rings. The third-order valence-electron chi connectivity index (χ3n) is 4.14. The van der Waals surface area contributed by atoms with E-state index in [0.29, 0.717) is 15.8 Å². The number of nitrogens with one attached hydrogen (secondary N) is 1. The van der Waals surface area contributed by atoms with Crippen molar-refractivity contribution in [3.63, 3.8) is 0 Å². The summed E-state index contributed by atoms with van der Waals surface area (Å²) in [7, 11) is 0. The number of carbonyl (C=O) groups is 1. The number of rotatable bonds is 6. The topological polar surface area (TPSA) is 38.3 Å².